The van der Waals surface area contributed by atoms with Crippen LogP contribution in [-0.2, 0) is 35.7 Å². The fraction of sp³-hybridized carbons (Fsp3) is 0.452. The van der Waals surface area contributed by atoms with E-state index in [4.69, 9.17) is 4.52 Å². The topological polar surface area (TPSA) is 158 Å². The summed E-state index contributed by atoms with van der Waals surface area (Å²) in [5.41, 5.74) is -3.98. The van der Waals surface area contributed by atoms with Crippen molar-refractivity contribution in [2.45, 2.75) is 82.2 Å². The average molecular weight is 868 g/mol. The summed E-state index contributed by atoms with van der Waals surface area (Å²) in [4.78, 5) is 61.8. The maximum Gasteiger partial charge on any atom is 0.360 e. The lowest BCUT2D eigenvalue weighted by molar-refractivity contribution is -0.148. The molecule has 3 aliphatic rings. The Morgan fingerprint density at radius 1 is 1.03 bits per heavy atom. The zero-order valence-corrected chi connectivity index (χ0v) is 35.4. The summed E-state index contributed by atoms with van der Waals surface area (Å²) < 4.78 is 53.1. The molecule has 7 rings (SSSR count). The zero-order chi connectivity index (χ0) is 42.0. The number of hydrogen-bond acceptors (Lipinski definition) is 10. The Morgan fingerprint density at radius 3 is 2.54 bits per heavy atom. The molecule has 3 fully saturated rings. The maximum atomic E-state index is 16.5. The van der Waals surface area contributed by atoms with Crippen LogP contribution in [0.2, 0.25) is 0 Å². The van der Waals surface area contributed by atoms with Crippen molar-refractivity contribution in [3.05, 3.63) is 101 Å². The van der Waals surface area contributed by atoms with E-state index < -0.39 is 55.4 Å². The highest BCUT2D eigenvalue weighted by Crippen LogP contribution is 2.63. The van der Waals surface area contributed by atoms with E-state index in [1.54, 1.807) is 60.2 Å². The predicted molar refractivity (Wildman–Crippen MR) is 223 cm³/mol. The van der Waals surface area contributed by atoms with E-state index in [0.29, 0.717) is 54.4 Å². The van der Waals surface area contributed by atoms with Crippen LogP contribution in [0.25, 0.3) is 10.1 Å². The minimum absolute atomic E-state index is 0.0675. The molecule has 5 heterocycles. The molecule has 59 heavy (non-hydrogen) atoms. The third-order valence-corrected chi connectivity index (χ3v) is 15.8. The highest BCUT2D eigenvalue weighted by Gasteiger charge is 2.53. The molecule has 12 nitrogen and oxygen atoms in total. The Balaban J connectivity index is 1.03. The Bertz CT molecular complexity index is 2220. The number of alkyl halides is 2. The van der Waals surface area contributed by atoms with Crippen LogP contribution in [0.4, 0.5) is 8.78 Å². The van der Waals surface area contributed by atoms with E-state index in [-0.39, 0.29) is 46.1 Å². The van der Waals surface area contributed by atoms with Gasteiger partial charge in [-0.25, -0.2) is 5.09 Å². The third-order valence-electron chi connectivity index (χ3n) is 11.4. The van der Waals surface area contributed by atoms with Crippen molar-refractivity contribution in [2.24, 2.45) is 5.41 Å². The molecule has 0 bridgehead atoms. The number of benzene rings is 2. The fourth-order valence-electron chi connectivity index (χ4n) is 7.75. The van der Waals surface area contributed by atoms with E-state index in [0.717, 1.165) is 41.1 Å². The molecule has 0 aliphatic carbocycles. The lowest BCUT2D eigenvalue weighted by Crippen LogP contribution is -2.58. The maximum absolute atomic E-state index is 16.5. The second kappa shape index (κ2) is 17.9. The Labute approximate surface area is 350 Å². The number of fused-ring (bicyclic) bond motifs is 2. The van der Waals surface area contributed by atoms with Gasteiger partial charge in [0.15, 0.2) is 5.12 Å². The number of aliphatic hydroxyl groups is 1. The van der Waals surface area contributed by atoms with Gasteiger partial charge in [0.2, 0.25) is 11.8 Å². The number of carbonyl (C=O) groups is 4. The van der Waals surface area contributed by atoms with Gasteiger partial charge in [-0.2, -0.15) is 8.78 Å². The van der Waals surface area contributed by atoms with Crippen molar-refractivity contribution in [3.8, 4) is 0 Å². The second-order valence-corrected chi connectivity index (χ2v) is 20.4. The monoisotopic (exact) mass is 867 g/mol. The van der Waals surface area contributed by atoms with Crippen LogP contribution in [0.1, 0.15) is 78.2 Å². The van der Waals surface area contributed by atoms with Gasteiger partial charge in [0.05, 0.1) is 23.5 Å². The fourth-order valence-corrected chi connectivity index (χ4v) is 11.3. The number of thioether (sulfide) groups is 1. The first-order chi connectivity index (χ1) is 28.2. The first-order valence-corrected chi connectivity index (χ1v) is 23.2. The Hall–Kier alpha value is -4.05. The van der Waals surface area contributed by atoms with Gasteiger partial charge < -0.3 is 24.7 Å². The smallest absolute Gasteiger partial charge is 0.360 e. The third kappa shape index (κ3) is 9.18. The largest absolute Gasteiger partial charge is 0.395 e. The van der Waals surface area contributed by atoms with Crippen molar-refractivity contribution in [2.75, 3.05) is 32.1 Å². The molecule has 0 saturated carbocycles. The van der Waals surface area contributed by atoms with Gasteiger partial charge in [0.25, 0.3) is 5.91 Å². The highest BCUT2D eigenvalue weighted by atomic mass is 32.2. The molecule has 1 unspecified atom stereocenters. The van der Waals surface area contributed by atoms with Crippen LogP contribution in [-0.4, -0.2) is 92.9 Å². The zero-order valence-electron chi connectivity index (χ0n) is 32.9. The SMILES string of the molecule is CC(C)(CO)C(=O)SCCOP(=O)(NCc1ccccc1)C(F)(F)c1ccc2sc(C(=O)N[C@H]3CCC[C@H]4CC[C@@H](C(=O)N5CC(c6cccnc6)C5)N4C3=O)cc2c1. The summed E-state index contributed by atoms with van der Waals surface area (Å²) in [5, 5.41) is 14.8. The molecule has 2 aromatic carbocycles. The molecular weight excluding hydrogens is 820 g/mol. The molecule has 0 spiro atoms. The molecule has 3 N–H and O–H groups in total. The van der Waals surface area contributed by atoms with Gasteiger partial charge in [-0.05, 0) is 86.7 Å². The quantitative estimate of drug-likeness (QED) is 0.0849. The summed E-state index contributed by atoms with van der Waals surface area (Å²) in [6, 6.07) is 16.2. The number of amides is 3. The molecule has 17 heteroatoms. The number of likely N-dealkylation sites (tertiary alicyclic amines) is 1. The first-order valence-electron chi connectivity index (χ1n) is 19.8. The number of halogens is 2. The number of hydrogen-bond donors (Lipinski definition) is 3. The Morgan fingerprint density at radius 2 is 1.81 bits per heavy atom. The molecule has 2 aromatic heterocycles. The minimum Gasteiger partial charge on any atom is -0.395 e. The molecular formula is C42H48F2N5O7PS2. The number of aromatic nitrogens is 1. The van der Waals surface area contributed by atoms with Crippen molar-refractivity contribution in [1.82, 2.24) is 25.2 Å². The van der Waals surface area contributed by atoms with Crippen molar-refractivity contribution >= 4 is 63.5 Å². The number of aliphatic hydroxyl groups excluding tert-OH is 1. The summed E-state index contributed by atoms with van der Waals surface area (Å²) in [7, 11) is -4.99. The van der Waals surface area contributed by atoms with E-state index in [1.807, 2.05) is 18.3 Å². The number of carbonyl (C=O) groups excluding carboxylic acids is 4. The summed E-state index contributed by atoms with van der Waals surface area (Å²) in [6.07, 6.45) is 6.63. The highest BCUT2D eigenvalue weighted by molar-refractivity contribution is 8.13. The van der Waals surface area contributed by atoms with Gasteiger partial charge in [0.1, 0.15) is 12.1 Å². The van der Waals surface area contributed by atoms with Crippen LogP contribution in [0.5, 0.6) is 0 Å². The molecule has 314 valence electrons. The molecule has 3 aliphatic heterocycles. The van der Waals surface area contributed by atoms with E-state index in [1.165, 1.54) is 18.2 Å². The summed E-state index contributed by atoms with van der Waals surface area (Å²) in [5.74, 6) is -0.764. The number of nitrogens with one attached hydrogen (secondary N) is 2. The average Bonchev–Trinajstić information content (AvgIpc) is 3.82. The number of rotatable bonds is 15. The first kappa shape index (κ1) is 43.1. The summed E-state index contributed by atoms with van der Waals surface area (Å²) in [6.45, 7) is 3.24. The van der Waals surface area contributed by atoms with Crippen LogP contribution >= 0.6 is 30.6 Å². The number of nitrogens with zero attached hydrogens (tertiary/aromatic N) is 3. The lowest BCUT2D eigenvalue weighted by atomic mass is 9.92. The van der Waals surface area contributed by atoms with Crippen molar-refractivity contribution < 1.29 is 42.2 Å². The normalized spacial score (nSPS) is 21.1. The van der Waals surface area contributed by atoms with Crippen LogP contribution in [0.3, 0.4) is 0 Å². The standard InChI is InChI=1S/C42H48F2N5O7PS2/c1-41(2,26-50)40(54)58-19-18-56-57(55,46-22-27-8-4-3-5-9-27)42(43,44)31-13-16-35-29(20-31)21-36(59-35)37(51)47-33-12-6-11-32-14-15-34(49(32)38(33)52)39(53)48-24-30(25-48)28-10-7-17-45-23-28/h3-5,7-10,13,16-17,20-21,23,30,32-34,50H,6,11-12,14-15,18-19,22,24-26H2,1-2H3,(H,46,55)(H,47,51)/t32-,33-,34-,57?/m0/s1. The van der Waals surface area contributed by atoms with Crippen LogP contribution in [0, 0.1) is 5.41 Å². The second-order valence-electron chi connectivity index (χ2n) is 16.0. The molecule has 3 saturated heterocycles. The van der Waals surface area contributed by atoms with Crippen molar-refractivity contribution in [3.63, 3.8) is 0 Å². The lowest BCUT2D eigenvalue weighted by Gasteiger charge is -2.42. The van der Waals surface area contributed by atoms with E-state index in [9.17, 15) is 28.8 Å². The number of pyridine rings is 1. The van der Waals surface area contributed by atoms with Crippen LogP contribution in [0.15, 0.2) is 79.1 Å². The van der Waals surface area contributed by atoms with E-state index >= 15 is 8.78 Å². The molecule has 0 radical (unpaired) electrons. The van der Waals surface area contributed by atoms with Gasteiger partial charge in [0, 0.05) is 60.0 Å². The minimum atomic E-state index is -4.99. The van der Waals surface area contributed by atoms with Gasteiger partial charge in [-0.15, -0.1) is 11.3 Å². The molecule has 4 atom stereocenters. The van der Waals surface area contributed by atoms with Crippen molar-refractivity contribution in [1.29, 1.82) is 0 Å². The number of thiophene rings is 1. The van der Waals surface area contributed by atoms with Crippen LogP contribution < -0.4 is 10.4 Å². The molecule has 4 aromatic rings. The molecule has 3 amide bonds. The summed E-state index contributed by atoms with van der Waals surface area (Å²) >= 11 is 1.88. The van der Waals surface area contributed by atoms with E-state index in [2.05, 4.69) is 15.4 Å². The Kier molecular flexibility index (Phi) is 13.1. The predicted octanol–water partition coefficient (Wildman–Crippen LogP) is 6.89. The van der Waals surface area contributed by atoms with Gasteiger partial charge >= 0.3 is 13.2 Å². The van der Waals surface area contributed by atoms with Gasteiger partial charge in [-0.3, -0.25) is 28.7 Å². The van der Waals surface area contributed by atoms with Gasteiger partial charge in [-0.1, -0.05) is 54.2 Å².